The molecule has 0 saturated heterocycles. The molecule has 0 spiro atoms. The summed E-state index contributed by atoms with van der Waals surface area (Å²) >= 11 is 5.81. The zero-order valence-electron chi connectivity index (χ0n) is 12.5. The van der Waals surface area contributed by atoms with Crippen molar-refractivity contribution in [3.63, 3.8) is 0 Å². The third kappa shape index (κ3) is 4.38. The van der Waals surface area contributed by atoms with Crippen molar-refractivity contribution in [3.8, 4) is 0 Å². The number of allylic oxidation sites excluding steroid dienone is 5. The first-order valence-corrected chi connectivity index (χ1v) is 7.15. The fourth-order valence-corrected chi connectivity index (χ4v) is 2.23. The van der Waals surface area contributed by atoms with Crippen LogP contribution < -0.4 is 5.69 Å². The molecule has 1 atom stereocenters. The van der Waals surface area contributed by atoms with Crippen LogP contribution in [-0.2, 0) is 16.1 Å². The second kappa shape index (κ2) is 7.08. The van der Waals surface area contributed by atoms with E-state index in [2.05, 4.69) is 9.84 Å². The van der Waals surface area contributed by atoms with Crippen LogP contribution in [0.15, 0.2) is 34.1 Å². The fraction of sp³-hybridized carbons (Fsp3) is 0.357. The Kier molecular flexibility index (Phi) is 5.33. The molecular weight excluding hydrogens is 351 g/mol. The molecule has 0 bridgehead atoms. The molecule has 24 heavy (non-hydrogen) atoms. The molecule has 1 aromatic rings. The van der Waals surface area contributed by atoms with Crippen LogP contribution in [0.4, 0.5) is 13.2 Å². The predicted octanol–water partition coefficient (Wildman–Crippen LogP) is 2.42. The third-order valence-electron chi connectivity index (χ3n) is 3.20. The summed E-state index contributed by atoms with van der Waals surface area (Å²) in [6.45, 7) is -0.498. The Labute approximate surface area is 139 Å². The number of carbonyl (C=O) groups excluding carboxylic acids is 1. The van der Waals surface area contributed by atoms with E-state index in [9.17, 15) is 22.8 Å². The second-order valence-corrected chi connectivity index (χ2v) is 5.33. The number of carbonyl (C=O) groups is 1. The van der Waals surface area contributed by atoms with Crippen molar-refractivity contribution >= 4 is 23.8 Å². The van der Waals surface area contributed by atoms with Gasteiger partial charge in [0.2, 0.25) is 0 Å². The van der Waals surface area contributed by atoms with Gasteiger partial charge in [0.25, 0.3) is 0 Å². The average Bonchev–Trinajstić information content (AvgIpc) is 2.81. The number of alkyl halides is 3. The van der Waals surface area contributed by atoms with Gasteiger partial charge in [0.1, 0.15) is 12.4 Å². The van der Waals surface area contributed by atoms with Crippen molar-refractivity contribution in [2.24, 2.45) is 0 Å². The predicted molar refractivity (Wildman–Crippen MR) is 80.3 cm³/mol. The highest BCUT2D eigenvalue weighted by Gasteiger charge is 2.25. The summed E-state index contributed by atoms with van der Waals surface area (Å²) in [5, 5.41) is 4.46. The Bertz CT molecular complexity index is 774. The Morgan fingerprint density at radius 3 is 2.79 bits per heavy atom. The molecular formula is C14H13ClF3N3O3. The van der Waals surface area contributed by atoms with E-state index >= 15 is 0 Å². The minimum atomic E-state index is -4.59. The number of rotatable bonds is 4. The van der Waals surface area contributed by atoms with Gasteiger partial charge >= 0.3 is 17.8 Å². The number of methoxy groups -OCH3 is 1. The largest absolute Gasteiger partial charge is 0.468 e. The van der Waals surface area contributed by atoms with E-state index in [-0.39, 0.29) is 11.9 Å². The molecule has 0 amide bonds. The van der Waals surface area contributed by atoms with Crippen LogP contribution in [0.3, 0.4) is 0 Å². The maximum atomic E-state index is 12.4. The summed E-state index contributed by atoms with van der Waals surface area (Å²) < 4.78 is 43.2. The Balaban J connectivity index is 2.45. The van der Waals surface area contributed by atoms with Crippen LogP contribution in [0.25, 0.3) is 6.20 Å². The number of aromatic nitrogens is 3. The number of hydrogen-bond acceptors (Lipinski definition) is 4. The first-order valence-electron chi connectivity index (χ1n) is 6.77. The maximum Gasteiger partial charge on any atom is 0.411 e. The zero-order chi connectivity index (χ0) is 17.9. The van der Waals surface area contributed by atoms with Crippen molar-refractivity contribution < 1.29 is 22.7 Å². The summed E-state index contributed by atoms with van der Waals surface area (Å²) in [7, 11) is 1.13. The van der Waals surface area contributed by atoms with Crippen LogP contribution in [0.2, 0.25) is 0 Å². The highest BCUT2D eigenvalue weighted by Crippen LogP contribution is 2.26. The number of nitrogens with zero attached hydrogens (tertiary/aromatic N) is 3. The SMILES string of the molecule is COC(=O)Cn1nc(C2C=CC(Cl)=CC2)n(C=CC(F)(F)F)c1=O. The van der Waals surface area contributed by atoms with Crippen molar-refractivity contribution in [2.75, 3.05) is 7.11 Å². The number of hydrogen-bond donors (Lipinski definition) is 0. The molecule has 130 valence electrons. The second-order valence-electron chi connectivity index (χ2n) is 4.89. The van der Waals surface area contributed by atoms with Crippen LogP contribution in [0.5, 0.6) is 0 Å². The summed E-state index contributed by atoms with van der Waals surface area (Å²) in [6.07, 6.45) is 1.15. The molecule has 0 fully saturated rings. The summed E-state index contributed by atoms with van der Waals surface area (Å²) in [5.74, 6) is -1.12. The van der Waals surface area contributed by atoms with Gasteiger partial charge in [-0.25, -0.2) is 9.48 Å². The van der Waals surface area contributed by atoms with Gasteiger partial charge in [0.15, 0.2) is 0 Å². The Morgan fingerprint density at radius 2 is 2.25 bits per heavy atom. The molecule has 1 aliphatic carbocycles. The molecule has 1 aliphatic rings. The van der Waals surface area contributed by atoms with Gasteiger partial charge in [-0.1, -0.05) is 23.8 Å². The first-order chi connectivity index (χ1) is 11.2. The van der Waals surface area contributed by atoms with Gasteiger partial charge < -0.3 is 4.74 Å². The Hall–Kier alpha value is -2.29. The van der Waals surface area contributed by atoms with E-state index in [1.165, 1.54) is 0 Å². The van der Waals surface area contributed by atoms with Gasteiger partial charge in [-0.3, -0.25) is 9.36 Å². The lowest BCUT2D eigenvalue weighted by Crippen LogP contribution is -2.27. The molecule has 1 aromatic heterocycles. The third-order valence-corrected chi connectivity index (χ3v) is 3.48. The van der Waals surface area contributed by atoms with Gasteiger partial charge in [0, 0.05) is 23.2 Å². The molecule has 10 heteroatoms. The van der Waals surface area contributed by atoms with E-state index in [4.69, 9.17) is 11.6 Å². The fourth-order valence-electron chi connectivity index (χ4n) is 2.06. The maximum absolute atomic E-state index is 12.4. The van der Waals surface area contributed by atoms with E-state index < -0.39 is 30.3 Å². The molecule has 0 aromatic carbocycles. The molecule has 2 rings (SSSR count). The first kappa shape index (κ1) is 18.1. The normalized spacial score (nSPS) is 18.0. The van der Waals surface area contributed by atoms with E-state index in [1.54, 1.807) is 18.2 Å². The van der Waals surface area contributed by atoms with Gasteiger partial charge in [-0.2, -0.15) is 18.3 Å². The van der Waals surface area contributed by atoms with E-state index in [0.717, 1.165) is 16.4 Å². The number of esters is 1. The van der Waals surface area contributed by atoms with Crippen molar-refractivity contribution in [3.05, 3.63) is 45.6 Å². The quantitative estimate of drug-likeness (QED) is 0.771. The summed E-state index contributed by atoms with van der Waals surface area (Å²) in [4.78, 5) is 23.6. The molecule has 0 aliphatic heterocycles. The molecule has 1 heterocycles. The highest BCUT2D eigenvalue weighted by atomic mass is 35.5. The topological polar surface area (TPSA) is 66.1 Å². The van der Waals surface area contributed by atoms with Crippen LogP contribution in [0, 0.1) is 0 Å². The number of ether oxygens (including phenoxy) is 1. The lowest BCUT2D eigenvalue weighted by Gasteiger charge is -2.12. The van der Waals surface area contributed by atoms with Crippen LogP contribution >= 0.6 is 11.6 Å². The molecule has 1 unspecified atom stereocenters. The average molecular weight is 364 g/mol. The van der Waals surface area contributed by atoms with Crippen molar-refractivity contribution in [2.45, 2.75) is 25.1 Å². The lowest BCUT2D eigenvalue weighted by molar-refractivity contribution is -0.141. The summed E-state index contributed by atoms with van der Waals surface area (Å²) in [5.41, 5.74) is -0.870. The number of halogens is 4. The van der Waals surface area contributed by atoms with Crippen molar-refractivity contribution in [1.29, 1.82) is 0 Å². The summed E-state index contributed by atoms with van der Waals surface area (Å²) in [6, 6.07) is 0. The minimum Gasteiger partial charge on any atom is -0.468 e. The smallest absolute Gasteiger partial charge is 0.411 e. The highest BCUT2D eigenvalue weighted by molar-refractivity contribution is 6.31. The van der Waals surface area contributed by atoms with Gasteiger partial charge in [-0.05, 0) is 12.5 Å². The van der Waals surface area contributed by atoms with Gasteiger partial charge in [-0.15, -0.1) is 0 Å². The van der Waals surface area contributed by atoms with Gasteiger partial charge in [0.05, 0.1) is 7.11 Å². The zero-order valence-corrected chi connectivity index (χ0v) is 13.2. The molecule has 6 nitrogen and oxygen atoms in total. The molecule has 0 radical (unpaired) electrons. The monoisotopic (exact) mass is 363 g/mol. The van der Waals surface area contributed by atoms with Crippen LogP contribution in [-0.4, -0.2) is 33.6 Å². The lowest BCUT2D eigenvalue weighted by atomic mass is 10.00. The van der Waals surface area contributed by atoms with E-state index in [0.29, 0.717) is 17.7 Å². The Morgan fingerprint density at radius 1 is 1.54 bits per heavy atom. The molecule has 0 saturated carbocycles. The minimum absolute atomic E-state index is 0.0704. The van der Waals surface area contributed by atoms with Crippen molar-refractivity contribution in [1.82, 2.24) is 14.3 Å². The van der Waals surface area contributed by atoms with Crippen LogP contribution in [0.1, 0.15) is 18.2 Å². The molecule has 0 N–H and O–H groups in total. The standard InChI is InChI=1S/C14H13ClF3N3O3/c1-24-11(22)8-21-13(23)20(7-6-14(16,17)18)12(19-21)9-2-4-10(15)5-3-9/h2,4-7,9H,3,8H2,1H3. The van der Waals surface area contributed by atoms with E-state index in [1.807, 2.05) is 0 Å².